The van der Waals surface area contributed by atoms with E-state index in [1.54, 1.807) is 0 Å². The molecule has 0 spiro atoms. The maximum Gasteiger partial charge on any atom is 1.00 e. The van der Waals surface area contributed by atoms with Crippen LogP contribution in [0.3, 0.4) is 0 Å². The fraction of sp³-hybridized carbons (Fsp3) is 1.00. The van der Waals surface area contributed by atoms with Crippen molar-refractivity contribution in [2.24, 2.45) is 0 Å². The van der Waals surface area contributed by atoms with Gasteiger partial charge in [0.2, 0.25) is 0 Å². The summed E-state index contributed by atoms with van der Waals surface area (Å²) in [6, 6.07) is 0. The molecule has 2 saturated heterocycles. The quantitative estimate of drug-likeness (QED) is 0.394. The first kappa shape index (κ1) is 34.4. The van der Waals surface area contributed by atoms with Crippen LogP contribution in [0.1, 0.15) is 14.9 Å². The van der Waals surface area contributed by atoms with Gasteiger partial charge in [-0.15, -0.1) is 26.4 Å². The summed E-state index contributed by atoms with van der Waals surface area (Å²) >= 11 is 0. The summed E-state index contributed by atoms with van der Waals surface area (Å²) in [5, 5.41) is 46.0. The van der Waals surface area contributed by atoms with Crippen LogP contribution in [0.25, 0.3) is 0 Å². The average molecular weight is 347 g/mol. The second-order valence-corrected chi connectivity index (χ2v) is 3.23. The summed E-state index contributed by atoms with van der Waals surface area (Å²) in [5.74, 6) is 0. The van der Waals surface area contributed by atoms with E-state index in [9.17, 15) is 20.4 Å². The van der Waals surface area contributed by atoms with Crippen molar-refractivity contribution in [1.29, 1.82) is 0 Å². The Bertz CT molecular complexity index is 142. The van der Waals surface area contributed by atoms with Crippen molar-refractivity contribution >= 4 is 0 Å². The van der Waals surface area contributed by atoms with Crippen LogP contribution in [0.15, 0.2) is 0 Å². The van der Waals surface area contributed by atoms with Gasteiger partial charge < -0.3 is 35.0 Å². The first-order valence-corrected chi connectivity index (χ1v) is 4.91. The Kier molecular flexibility index (Phi) is 41.6. The van der Waals surface area contributed by atoms with Crippen molar-refractivity contribution in [1.82, 2.24) is 0 Å². The Morgan fingerprint density at radius 3 is 1.10 bits per heavy atom. The maximum absolute atomic E-state index is 9.57. The Morgan fingerprint density at radius 1 is 0.850 bits per heavy atom. The molecule has 2 aliphatic rings. The zero-order valence-electron chi connectivity index (χ0n) is 10.9. The minimum Gasteiger partial charge on any atom is -0.853 e. The number of aliphatic hydroxyl groups is 1. The Balaban J connectivity index is -0.0000000512. The number of rotatable bonds is 4. The minimum atomic E-state index is -1.18. The number of epoxide rings is 2. The normalized spacial score (nSPS) is 20.1. The molecule has 2 atom stereocenters. The van der Waals surface area contributed by atoms with Crippen molar-refractivity contribution in [2.45, 2.75) is 33.2 Å². The summed E-state index contributed by atoms with van der Waals surface area (Å²) in [7, 11) is 0. The molecule has 0 amide bonds. The molecule has 9 heteroatoms. The smallest absolute Gasteiger partial charge is 0.853 e. The van der Waals surface area contributed by atoms with Crippen LogP contribution in [-0.4, -0.2) is 63.1 Å². The SMILES string of the molecule is C.C.[K+].[K+].[O-]CC(O)C[O-].[O-]CC1CO1.[O-]CC1CO1. The van der Waals surface area contributed by atoms with Crippen LogP contribution < -0.4 is 123 Å². The number of ether oxygens (including phenoxy) is 2. The van der Waals surface area contributed by atoms with Crippen molar-refractivity contribution in [3.63, 3.8) is 0 Å². The van der Waals surface area contributed by atoms with Gasteiger partial charge >= 0.3 is 103 Å². The van der Waals surface area contributed by atoms with E-state index in [0.717, 1.165) is 0 Å². The van der Waals surface area contributed by atoms with Crippen LogP contribution in [0.4, 0.5) is 0 Å². The fourth-order valence-electron chi connectivity index (χ4n) is 0.377. The predicted octanol–water partition coefficient (Wildman–Crippen LogP) is -10.2. The van der Waals surface area contributed by atoms with Gasteiger partial charge in [0.15, 0.2) is 0 Å². The Labute approximate surface area is 206 Å². The third-order valence-electron chi connectivity index (χ3n) is 1.56. The van der Waals surface area contributed by atoms with Gasteiger partial charge in [-0.05, 0) is 0 Å². The third-order valence-corrected chi connectivity index (χ3v) is 1.56. The van der Waals surface area contributed by atoms with Gasteiger partial charge in [-0.25, -0.2) is 0 Å². The summed E-state index contributed by atoms with van der Waals surface area (Å²) in [6.45, 7) is -0.0694. The van der Waals surface area contributed by atoms with E-state index in [-0.39, 0.29) is 143 Å². The van der Waals surface area contributed by atoms with Crippen LogP contribution >= 0.6 is 0 Å². The predicted molar refractivity (Wildman–Crippen MR) is 58.4 cm³/mol. The molecule has 0 aromatic carbocycles. The minimum absolute atomic E-state index is 0. The van der Waals surface area contributed by atoms with Gasteiger partial charge in [-0.1, -0.05) is 14.9 Å². The molecule has 0 aromatic rings. The molecule has 0 aromatic heterocycles. The fourth-order valence-corrected chi connectivity index (χ4v) is 0.377. The molecule has 2 rings (SSSR count). The van der Waals surface area contributed by atoms with Crippen molar-refractivity contribution in [3.8, 4) is 0 Å². The van der Waals surface area contributed by atoms with Gasteiger partial charge in [-0.3, -0.25) is 0 Å². The molecular formula is C11H24K2O7-2. The van der Waals surface area contributed by atoms with Crippen molar-refractivity contribution in [3.05, 3.63) is 0 Å². The molecule has 2 unspecified atom stereocenters. The van der Waals surface area contributed by atoms with Crippen molar-refractivity contribution < 1.29 is 138 Å². The topological polar surface area (TPSA) is 138 Å². The number of aliphatic hydroxyl groups excluding tert-OH is 1. The number of hydrogen-bond donors (Lipinski definition) is 1. The van der Waals surface area contributed by atoms with E-state index in [0.29, 0.717) is 13.2 Å². The van der Waals surface area contributed by atoms with E-state index in [2.05, 4.69) is 9.47 Å². The Hall–Kier alpha value is 2.99. The average Bonchev–Trinajstić information content (AvgIpc) is 3.23. The number of hydrogen-bond acceptors (Lipinski definition) is 7. The van der Waals surface area contributed by atoms with Crippen LogP contribution in [0.5, 0.6) is 0 Å². The molecule has 7 nitrogen and oxygen atoms in total. The van der Waals surface area contributed by atoms with E-state index in [4.69, 9.17) is 5.11 Å². The standard InChI is InChI=1S/C3H6O3.2C3H5O2.2CH4.2K/c4-1-3(6)2-5;2*4-1-3-2-5-3;;;;/h3,6H,1-2H2;2*3H,1-2H2;2*1H4;;/q-2;2*-1;;;2*+1. The zero-order chi connectivity index (χ0) is 12.4. The van der Waals surface area contributed by atoms with Crippen molar-refractivity contribution in [2.75, 3.05) is 39.6 Å². The molecular weight excluding hydrogens is 322 g/mol. The van der Waals surface area contributed by atoms with E-state index in [1.807, 2.05) is 0 Å². The molecule has 20 heavy (non-hydrogen) atoms. The van der Waals surface area contributed by atoms with Crippen LogP contribution in [-0.2, 0) is 9.47 Å². The van der Waals surface area contributed by atoms with Gasteiger partial charge in [0.25, 0.3) is 0 Å². The molecule has 1 N–H and O–H groups in total. The first-order valence-electron chi connectivity index (χ1n) is 4.91. The zero-order valence-corrected chi connectivity index (χ0v) is 17.1. The van der Waals surface area contributed by atoms with Crippen LogP contribution in [0.2, 0.25) is 0 Å². The van der Waals surface area contributed by atoms with E-state index >= 15 is 0 Å². The molecule has 2 aliphatic heterocycles. The molecule has 0 radical (unpaired) electrons. The molecule has 114 valence electrons. The molecule has 0 saturated carbocycles. The second-order valence-electron chi connectivity index (χ2n) is 3.23. The van der Waals surface area contributed by atoms with E-state index in [1.165, 1.54) is 0 Å². The largest absolute Gasteiger partial charge is 1.00 e. The van der Waals surface area contributed by atoms with Crippen LogP contribution in [0, 0.1) is 0 Å². The van der Waals surface area contributed by atoms with Gasteiger partial charge in [-0.2, -0.15) is 0 Å². The second kappa shape index (κ2) is 24.2. The maximum atomic E-state index is 9.57. The summed E-state index contributed by atoms with van der Waals surface area (Å²) in [4.78, 5) is 0. The van der Waals surface area contributed by atoms with Gasteiger partial charge in [0.1, 0.15) is 0 Å². The first-order chi connectivity index (χ1) is 7.67. The monoisotopic (exact) mass is 346 g/mol. The molecule has 2 heterocycles. The Morgan fingerprint density at radius 2 is 1.10 bits per heavy atom. The molecule has 0 aliphatic carbocycles. The van der Waals surface area contributed by atoms with Gasteiger partial charge in [0.05, 0.1) is 25.4 Å². The molecule has 2 fully saturated rings. The summed E-state index contributed by atoms with van der Waals surface area (Å²) < 4.78 is 9.09. The summed E-state index contributed by atoms with van der Waals surface area (Å²) in [6.07, 6.45) is -1.02. The van der Waals surface area contributed by atoms with E-state index < -0.39 is 19.3 Å². The molecule has 0 bridgehead atoms. The summed E-state index contributed by atoms with van der Waals surface area (Å²) in [5.41, 5.74) is 0. The van der Waals surface area contributed by atoms with Gasteiger partial charge in [0, 0.05) is 6.10 Å². The third kappa shape index (κ3) is 29.1.